The van der Waals surface area contributed by atoms with Crippen molar-refractivity contribution in [3.05, 3.63) is 21.3 Å². The van der Waals surface area contributed by atoms with Gasteiger partial charge in [0.2, 0.25) is 0 Å². The second-order valence-electron chi connectivity index (χ2n) is 7.37. The van der Waals surface area contributed by atoms with Crippen LogP contribution in [0.3, 0.4) is 0 Å². The van der Waals surface area contributed by atoms with Crippen LogP contribution in [0.2, 0.25) is 0 Å². The molecule has 0 aromatic heterocycles. The largest absolute Gasteiger partial charge is 3.00 e. The number of Topliss-reactive ketones (excluding diaryl/α,β-unsaturated/α-hetero) is 1. The van der Waals surface area contributed by atoms with Gasteiger partial charge in [0.25, 0.3) is 0 Å². The Hall–Kier alpha value is 0.941. The van der Waals surface area contributed by atoms with Crippen LogP contribution in [0.1, 0.15) is 59.3 Å². The van der Waals surface area contributed by atoms with Crippen LogP contribution in [-0.4, -0.2) is 54.9 Å². The maximum absolute atomic E-state index is 11.4. The van der Waals surface area contributed by atoms with Gasteiger partial charge in [-0.3, -0.25) is 4.79 Å². The van der Waals surface area contributed by atoms with Gasteiger partial charge in [-0.2, -0.15) is 0 Å². The van der Waals surface area contributed by atoms with Crippen molar-refractivity contribution in [2.24, 2.45) is 17.8 Å². The number of rotatable bonds is 7. The minimum Gasteiger partial charge on any atom is -0.362 e. The molecule has 151 valence electrons. The molecule has 1 saturated carbocycles. The van der Waals surface area contributed by atoms with E-state index in [2.05, 4.69) is 23.6 Å². The number of carbonyl (C=O) groups is 1. The topological polar surface area (TPSA) is 23.6 Å². The molecule has 0 bridgehead atoms. The van der Waals surface area contributed by atoms with Gasteiger partial charge in [-0.05, 0) is 76.9 Å². The molecule has 2 rings (SSSR count). The van der Waals surface area contributed by atoms with E-state index in [1.54, 1.807) is 6.92 Å². The van der Waals surface area contributed by atoms with Crippen LogP contribution >= 0.6 is 0 Å². The first-order valence-corrected chi connectivity index (χ1v) is 10.2. The van der Waals surface area contributed by atoms with Gasteiger partial charge in [-0.25, -0.2) is 0 Å². The van der Waals surface area contributed by atoms with Crippen molar-refractivity contribution in [2.75, 3.05) is 39.3 Å². The van der Waals surface area contributed by atoms with Crippen molar-refractivity contribution in [3.8, 4) is 0 Å². The Morgan fingerprint density at radius 2 is 1.46 bits per heavy atom. The van der Waals surface area contributed by atoms with Crippen molar-refractivity contribution in [1.29, 1.82) is 0 Å². The monoisotopic (exact) mass is 493 g/mol. The summed E-state index contributed by atoms with van der Waals surface area (Å²) < 4.78 is 0. The van der Waals surface area contributed by atoms with Gasteiger partial charge in [0.05, 0.1) is 0 Å². The molecule has 2 fully saturated rings. The maximum Gasteiger partial charge on any atom is 3.00 e. The number of hydrogen-bond donors (Lipinski definition) is 0. The molecule has 0 atom stereocenters. The number of nitrogens with zero attached hydrogens (tertiary/aromatic N) is 2. The van der Waals surface area contributed by atoms with Gasteiger partial charge in [0, 0.05) is 12.5 Å². The van der Waals surface area contributed by atoms with Crippen molar-refractivity contribution in [1.82, 2.24) is 9.80 Å². The molecule has 1 heterocycles. The van der Waals surface area contributed by atoms with E-state index in [1.807, 2.05) is 13.8 Å². The van der Waals surface area contributed by atoms with E-state index < -0.39 is 0 Å². The van der Waals surface area contributed by atoms with Gasteiger partial charge >= 0.3 is 40.8 Å². The van der Waals surface area contributed by atoms with E-state index in [1.165, 1.54) is 51.9 Å². The summed E-state index contributed by atoms with van der Waals surface area (Å²) >= 11 is 0. The summed E-state index contributed by atoms with van der Waals surface area (Å²) in [5.41, 5.74) is 0. The molecule has 1 aliphatic carbocycles. The van der Waals surface area contributed by atoms with Crippen molar-refractivity contribution < 1.29 is 45.6 Å². The summed E-state index contributed by atoms with van der Waals surface area (Å²) in [6.07, 6.45) is 7.39. The fourth-order valence-electron chi connectivity index (χ4n) is 4.13. The van der Waals surface area contributed by atoms with E-state index in [-0.39, 0.29) is 48.3 Å². The van der Waals surface area contributed by atoms with Crippen LogP contribution in [0.4, 0.5) is 0 Å². The molecule has 26 heavy (non-hydrogen) atoms. The molecule has 4 heteroatoms. The van der Waals surface area contributed by atoms with Crippen LogP contribution < -0.4 is 0 Å². The average molecular weight is 496 g/mol. The normalized spacial score (nSPS) is 24.1. The number of carbonyl (C=O) groups excluding carboxylic acids is 1. The Labute approximate surface area is 197 Å². The molecule has 0 N–H and O–H groups in total. The van der Waals surface area contributed by atoms with Gasteiger partial charge in [0.15, 0.2) is 0 Å². The molecule has 0 aromatic rings. The molecular weight excluding hydrogens is 452 g/mol. The Morgan fingerprint density at radius 1 is 0.962 bits per heavy atom. The fourth-order valence-corrected chi connectivity index (χ4v) is 4.13. The fraction of sp³-hybridized carbons (Fsp3) is 0.818. The molecule has 1 radical (unpaired) electrons. The second kappa shape index (κ2) is 16.9. The summed E-state index contributed by atoms with van der Waals surface area (Å²) in [4.78, 5) is 16.5. The summed E-state index contributed by atoms with van der Waals surface area (Å²) in [5.74, 6) is 2.41. The third-order valence-corrected chi connectivity index (χ3v) is 5.79. The third-order valence-electron chi connectivity index (χ3n) is 5.79. The predicted molar refractivity (Wildman–Crippen MR) is 110 cm³/mol. The Kier molecular flexibility index (Phi) is 18.9. The third kappa shape index (κ3) is 10.5. The molecular formula is C22H43N2NdO. The molecule has 0 aromatic carbocycles. The molecule has 0 unspecified atom stereocenters. The van der Waals surface area contributed by atoms with Crippen molar-refractivity contribution in [3.63, 3.8) is 0 Å². The van der Waals surface area contributed by atoms with Crippen LogP contribution in [0.5, 0.6) is 0 Å². The van der Waals surface area contributed by atoms with Crippen LogP contribution in [-0.2, 0) is 4.79 Å². The predicted octanol–water partition coefficient (Wildman–Crippen LogP) is 4.54. The zero-order chi connectivity index (χ0) is 17.9. The van der Waals surface area contributed by atoms with Gasteiger partial charge in [0.1, 0.15) is 5.78 Å². The summed E-state index contributed by atoms with van der Waals surface area (Å²) in [6, 6.07) is 0. The van der Waals surface area contributed by atoms with E-state index in [4.69, 9.17) is 0 Å². The number of ketones is 1. The molecule has 0 amide bonds. The Bertz CT molecular complexity index is 331. The van der Waals surface area contributed by atoms with Crippen LogP contribution in [0.25, 0.3) is 0 Å². The van der Waals surface area contributed by atoms with E-state index in [0.29, 0.717) is 11.7 Å². The number of likely N-dealkylation sites (tertiary alicyclic amines) is 1. The van der Waals surface area contributed by atoms with Gasteiger partial charge in [-0.1, -0.05) is 13.8 Å². The first kappa shape index (κ1) is 29.1. The SMILES string of the molecule is CC.[CH2-]CN(C[CH2-])CC1CCN(CC2CCC(C(C)=O)CC2)CC1.[CH3-].[Nd+3]. The average Bonchev–Trinajstić information content (AvgIpc) is 2.63. The molecule has 0 spiro atoms. The molecule has 3 nitrogen and oxygen atoms in total. The number of piperidine rings is 1. The van der Waals surface area contributed by atoms with Crippen molar-refractivity contribution in [2.45, 2.75) is 59.3 Å². The smallest absolute Gasteiger partial charge is 0.362 e. The Morgan fingerprint density at radius 3 is 1.88 bits per heavy atom. The molecule has 1 saturated heterocycles. The van der Waals surface area contributed by atoms with E-state index in [0.717, 1.165) is 37.8 Å². The summed E-state index contributed by atoms with van der Waals surface area (Å²) in [7, 11) is 0. The summed E-state index contributed by atoms with van der Waals surface area (Å²) in [5, 5.41) is 0. The van der Waals surface area contributed by atoms with E-state index >= 15 is 0 Å². The van der Waals surface area contributed by atoms with Crippen molar-refractivity contribution >= 4 is 5.78 Å². The zero-order valence-corrected chi connectivity index (χ0v) is 21.1. The maximum atomic E-state index is 11.4. The number of hydrogen-bond acceptors (Lipinski definition) is 3. The summed E-state index contributed by atoms with van der Waals surface area (Å²) in [6.45, 7) is 20.4. The Balaban J connectivity index is 0. The first-order chi connectivity index (χ1) is 11.6. The standard InChI is InChI=1S/C19H34N2O.C2H6.CH3.Nd/c1-4-20(5-2)14-18-10-12-21(13-11-18)15-17-6-8-19(9-7-17)16(3)22;1-2;;/h17-19H,1-2,4-15H2,3H3;1-2H3;1H3;/q-2;;-1;+3. The quantitative estimate of drug-likeness (QED) is 0.485. The minimum atomic E-state index is 0. The van der Waals surface area contributed by atoms with Gasteiger partial charge < -0.3 is 31.1 Å². The van der Waals surface area contributed by atoms with Crippen LogP contribution in [0.15, 0.2) is 0 Å². The molecule has 1 aliphatic heterocycles. The second-order valence-corrected chi connectivity index (χ2v) is 7.37. The molecule has 2 aliphatic rings. The van der Waals surface area contributed by atoms with Gasteiger partial charge in [-0.15, -0.1) is 13.1 Å². The minimum absolute atomic E-state index is 0. The first-order valence-electron chi connectivity index (χ1n) is 10.2. The zero-order valence-electron chi connectivity index (χ0n) is 17.9. The van der Waals surface area contributed by atoms with Crippen LogP contribution in [0, 0.1) is 79.9 Å². The van der Waals surface area contributed by atoms with E-state index in [9.17, 15) is 4.79 Å².